The van der Waals surface area contributed by atoms with E-state index in [2.05, 4.69) is 29.5 Å². The fourth-order valence-electron chi connectivity index (χ4n) is 2.16. The lowest BCUT2D eigenvalue weighted by atomic mass is 10.0. The zero-order valence-electron chi connectivity index (χ0n) is 8.69. The molecule has 15 heavy (non-hydrogen) atoms. The molecule has 2 rings (SSSR count). The molecule has 0 aromatic heterocycles. The Bertz CT molecular complexity index is 387. The molecule has 1 aliphatic carbocycles. The van der Waals surface area contributed by atoms with Crippen LogP contribution in [-0.2, 0) is 22.4 Å². The van der Waals surface area contributed by atoms with E-state index in [-0.39, 0.29) is 5.97 Å². The van der Waals surface area contributed by atoms with Crippen LogP contribution < -0.4 is 0 Å². The topological polar surface area (TPSA) is 26.3 Å². The van der Waals surface area contributed by atoms with Gasteiger partial charge in [0, 0.05) is 11.3 Å². The first-order valence-electron chi connectivity index (χ1n) is 5.06. The largest absolute Gasteiger partial charge is 0.469 e. The number of hydrogen-bond acceptors (Lipinski definition) is 3. The summed E-state index contributed by atoms with van der Waals surface area (Å²) in [4.78, 5) is 12.1. The van der Waals surface area contributed by atoms with Crippen molar-refractivity contribution in [2.45, 2.75) is 24.2 Å². The SMILES string of the molecule is COC(=O)CC1Cc2ccc(S)cc2C1. The number of methoxy groups -OCH3 is 1. The van der Waals surface area contributed by atoms with E-state index in [1.807, 2.05) is 6.07 Å². The maximum absolute atomic E-state index is 11.1. The predicted octanol–water partition coefficient (Wildman–Crippen LogP) is 2.25. The molecule has 0 amide bonds. The van der Waals surface area contributed by atoms with Gasteiger partial charge in [-0.2, -0.15) is 0 Å². The van der Waals surface area contributed by atoms with Gasteiger partial charge in [0.25, 0.3) is 0 Å². The molecule has 2 nitrogen and oxygen atoms in total. The lowest BCUT2D eigenvalue weighted by molar-refractivity contribution is -0.141. The molecule has 3 heteroatoms. The van der Waals surface area contributed by atoms with E-state index < -0.39 is 0 Å². The second-order valence-corrected chi connectivity index (χ2v) is 4.52. The molecule has 1 atom stereocenters. The van der Waals surface area contributed by atoms with Crippen LogP contribution in [0.1, 0.15) is 17.5 Å². The van der Waals surface area contributed by atoms with Crippen molar-refractivity contribution in [1.82, 2.24) is 0 Å². The maximum Gasteiger partial charge on any atom is 0.305 e. The van der Waals surface area contributed by atoms with Crippen LogP contribution in [0.25, 0.3) is 0 Å². The van der Waals surface area contributed by atoms with Crippen LogP contribution in [0, 0.1) is 5.92 Å². The number of esters is 1. The normalized spacial score (nSPS) is 18.7. The summed E-state index contributed by atoms with van der Waals surface area (Å²) in [5.41, 5.74) is 2.68. The van der Waals surface area contributed by atoms with Crippen LogP contribution in [0.3, 0.4) is 0 Å². The Kier molecular flexibility index (Phi) is 3.00. The number of thiol groups is 1. The number of hydrogen-bond donors (Lipinski definition) is 1. The molecule has 0 spiro atoms. The van der Waals surface area contributed by atoms with Crippen LogP contribution in [0.2, 0.25) is 0 Å². The number of fused-ring (bicyclic) bond motifs is 1. The van der Waals surface area contributed by atoms with Gasteiger partial charge in [-0.25, -0.2) is 0 Å². The first-order chi connectivity index (χ1) is 7.19. The molecule has 1 aromatic rings. The van der Waals surface area contributed by atoms with E-state index in [9.17, 15) is 4.79 Å². The van der Waals surface area contributed by atoms with Crippen LogP contribution in [0.4, 0.5) is 0 Å². The molecule has 0 bridgehead atoms. The lowest BCUT2D eigenvalue weighted by Crippen LogP contribution is -2.09. The Balaban J connectivity index is 2.06. The van der Waals surface area contributed by atoms with Crippen molar-refractivity contribution in [2.75, 3.05) is 7.11 Å². The fourth-order valence-corrected chi connectivity index (χ4v) is 2.39. The molecule has 0 N–H and O–H groups in total. The van der Waals surface area contributed by atoms with Crippen molar-refractivity contribution in [3.8, 4) is 0 Å². The Morgan fingerprint density at radius 1 is 1.47 bits per heavy atom. The van der Waals surface area contributed by atoms with Gasteiger partial charge in [0.15, 0.2) is 0 Å². The van der Waals surface area contributed by atoms with Crippen LogP contribution in [-0.4, -0.2) is 13.1 Å². The van der Waals surface area contributed by atoms with Crippen molar-refractivity contribution in [3.05, 3.63) is 29.3 Å². The molecule has 0 saturated carbocycles. The highest BCUT2D eigenvalue weighted by atomic mass is 32.1. The standard InChI is InChI=1S/C12H14O2S/c1-14-12(13)6-8-4-9-2-3-11(15)7-10(9)5-8/h2-3,7-8,15H,4-6H2,1H3. The molecule has 0 saturated heterocycles. The van der Waals surface area contributed by atoms with Crippen LogP contribution >= 0.6 is 12.6 Å². The van der Waals surface area contributed by atoms with Gasteiger partial charge in [-0.1, -0.05) is 6.07 Å². The first kappa shape index (κ1) is 10.6. The first-order valence-corrected chi connectivity index (χ1v) is 5.51. The molecule has 0 heterocycles. The second-order valence-electron chi connectivity index (χ2n) is 4.01. The monoisotopic (exact) mass is 222 g/mol. The number of ether oxygens (including phenoxy) is 1. The molecular formula is C12H14O2S. The average molecular weight is 222 g/mol. The number of benzene rings is 1. The van der Waals surface area contributed by atoms with E-state index in [0.29, 0.717) is 12.3 Å². The average Bonchev–Trinajstić information content (AvgIpc) is 2.59. The Morgan fingerprint density at radius 3 is 2.93 bits per heavy atom. The Hall–Kier alpha value is -0.960. The molecule has 1 aliphatic rings. The van der Waals surface area contributed by atoms with Gasteiger partial charge >= 0.3 is 5.97 Å². The number of carbonyl (C=O) groups is 1. The summed E-state index contributed by atoms with van der Waals surface area (Å²) < 4.78 is 4.68. The zero-order valence-corrected chi connectivity index (χ0v) is 9.59. The molecule has 1 unspecified atom stereocenters. The van der Waals surface area contributed by atoms with Crippen molar-refractivity contribution in [2.24, 2.45) is 5.92 Å². The molecule has 0 aliphatic heterocycles. The molecule has 1 aromatic carbocycles. The summed E-state index contributed by atoms with van der Waals surface area (Å²) >= 11 is 4.31. The van der Waals surface area contributed by atoms with Gasteiger partial charge in [0.1, 0.15) is 0 Å². The van der Waals surface area contributed by atoms with E-state index in [1.165, 1.54) is 18.2 Å². The Morgan fingerprint density at radius 2 is 2.20 bits per heavy atom. The number of carbonyl (C=O) groups excluding carboxylic acids is 1. The van der Waals surface area contributed by atoms with E-state index in [1.54, 1.807) is 0 Å². The highest BCUT2D eigenvalue weighted by Gasteiger charge is 2.23. The van der Waals surface area contributed by atoms with Gasteiger partial charge in [0.05, 0.1) is 7.11 Å². The van der Waals surface area contributed by atoms with Gasteiger partial charge in [-0.3, -0.25) is 4.79 Å². The number of rotatable bonds is 2. The van der Waals surface area contributed by atoms with Crippen LogP contribution in [0.5, 0.6) is 0 Å². The highest BCUT2D eigenvalue weighted by Crippen LogP contribution is 2.30. The molecule has 0 radical (unpaired) electrons. The van der Waals surface area contributed by atoms with E-state index in [0.717, 1.165) is 17.7 Å². The summed E-state index contributed by atoms with van der Waals surface area (Å²) in [6.45, 7) is 0. The third kappa shape index (κ3) is 2.34. The third-order valence-electron chi connectivity index (χ3n) is 2.89. The summed E-state index contributed by atoms with van der Waals surface area (Å²) in [6, 6.07) is 6.20. The van der Waals surface area contributed by atoms with Crippen molar-refractivity contribution in [3.63, 3.8) is 0 Å². The van der Waals surface area contributed by atoms with E-state index in [4.69, 9.17) is 0 Å². The summed E-state index contributed by atoms with van der Waals surface area (Å²) in [5.74, 6) is 0.293. The minimum Gasteiger partial charge on any atom is -0.469 e. The summed E-state index contributed by atoms with van der Waals surface area (Å²) in [7, 11) is 1.44. The fraction of sp³-hybridized carbons (Fsp3) is 0.417. The molecular weight excluding hydrogens is 208 g/mol. The van der Waals surface area contributed by atoms with Gasteiger partial charge in [-0.05, 0) is 42.0 Å². The van der Waals surface area contributed by atoms with Gasteiger partial charge < -0.3 is 4.74 Å². The summed E-state index contributed by atoms with van der Waals surface area (Å²) in [5, 5.41) is 0. The molecule has 80 valence electrons. The maximum atomic E-state index is 11.1. The van der Waals surface area contributed by atoms with Crippen LogP contribution in [0.15, 0.2) is 23.1 Å². The minimum absolute atomic E-state index is 0.112. The summed E-state index contributed by atoms with van der Waals surface area (Å²) in [6.07, 6.45) is 2.48. The van der Waals surface area contributed by atoms with Crippen molar-refractivity contribution >= 4 is 18.6 Å². The second kappa shape index (κ2) is 4.27. The zero-order chi connectivity index (χ0) is 10.8. The van der Waals surface area contributed by atoms with E-state index >= 15 is 0 Å². The quantitative estimate of drug-likeness (QED) is 0.613. The highest BCUT2D eigenvalue weighted by molar-refractivity contribution is 7.80. The lowest BCUT2D eigenvalue weighted by Gasteiger charge is -2.05. The van der Waals surface area contributed by atoms with Crippen molar-refractivity contribution < 1.29 is 9.53 Å². The predicted molar refractivity (Wildman–Crippen MR) is 61.2 cm³/mol. The Labute approximate surface area is 95.0 Å². The van der Waals surface area contributed by atoms with Gasteiger partial charge in [-0.15, -0.1) is 12.6 Å². The molecule has 0 fully saturated rings. The minimum atomic E-state index is -0.112. The smallest absolute Gasteiger partial charge is 0.305 e. The van der Waals surface area contributed by atoms with Gasteiger partial charge in [0.2, 0.25) is 0 Å². The van der Waals surface area contributed by atoms with Crippen molar-refractivity contribution in [1.29, 1.82) is 0 Å². The third-order valence-corrected chi connectivity index (χ3v) is 3.17.